The molecule has 6 rings (SSSR count). The van der Waals surface area contributed by atoms with Crippen molar-refractivity contribution in [2.75, 3.05) is 21.3 Å². The molecule has 1 aliphatic heterocycles. The largest absolute Gasteiger partial charge is 0.497 e. The highest BCUT2D eigenvalue weighted by Gasteiger charge is 2.32. The molecule has 1 unspecified atom stereocenters. The lowest BCUT2D eigenvalue weighted by Crippen LogP contribution is -2.38. The summed E-state index contributed by atoms with van der Waals surface area (Å²) in [5.74, 6) is 2.06. The zero-order valence-corrected chi connectivity index (χ0v) is 23.6. The van der Waals surface area contributed by atoms with Crippen LogP contribution in [0.3, 0.4) is 0 Å². The molecule has 2 heterocycles. The van der Waals surface area contributed by atoms with E-state index in [0.29, 0.717) is 20.8 Å². The van der Waals surface area contributed by atoms with Crippen molar-refractivity contribution >= 4 is 39.0 Å². The second-order valence-electron chi connectivity index (χ2n) is 9.12. The SMILES string of the molecule is COc1ccc(C2C3=C(N=c4sc(=Cc5cc(Br)c(OC)cc5OC)c(=O)n42)c2ccccc2CC3)cc1. The fourth-order valence-corrected chi connectivity index (χ4v) is 6.76. The van der Waals surface area contributed by atoms with Crippen molar-refractivity contribution in [3.05, 3.63) is 113 Å². The van der Waals surface area contributed by atoms with Gasteiger partial charge in [0.05, 0.1) is 42.1 Å². The molecule has 4 aromatic rings. The van der Waals surface area contributed by atoms with Crippen molar-refractivity contribution in [1.82, 2.24) is 4.57 Å². The molecule has 0 saturated carbocycles. The van der Waals surface area contributed by atoms with Crippen molar-refractivity contribution in [1.29, 1.82) is 0 Å². The Balaban J connectivity index is 1.60. The third kappa shape index (κ3) is 4.08. The smallest absolute Gasteiger partial charge is 0.271 e. The van der Waals surface area contributed by atoms with Crippen LogP contribution in [0.25, 0.3) is 11.8 Å². The van der Waals surface area contributed by atoms with E-state index in [9.17, 15) is 4.79 Å². The predicted molar refractivity (Wildman–Crippen MR) is 153 cm³/mol. The molecule has 1 atom stereocenters. The Hall–Kier alpha value is -3.62. The molecule has 0 saturated heterocycles. The summed E-state index contributed by atoms with van der Waals surface area (Å²) in [6.45, 7) is 0. The van der Waals surface area contributed by atoms with Crippen LogP contribution >= 0.6 is 27.3 Å². The molecule has 8 heteroatoms. The summed E-state index contributed by atoms with van der Waals surface area (Å²) in [5.41, 5.74) is 6.31. The Morgan fingerprint density at radius 3 is 2.47 bits per heavy atom. The van der Waals surface area contributed by atoms with Crippen LogP contribution in [0.4, 0.5) is 0 Å². The third-order valence-corrected chi connectivity index (χ3v) is 8.70. The van der Waals surface area contributed by atoms with Crippen molar-refractivity contribution in [3.63, 3.8) is 0 Å². The lowest BCUT2D eigenvalue weighted by molar-refractivity contribution is 0.392. The van der Waals surface area contributed by atoms with E-state index in [4.69, 9.17) is 19.2 Å². The lowest BCUT2D eigenvalue weighted by atomic mass is 9.83. The number of hydrogen-bond donors (Lipinski definition) is 0. The van der Waals surface area contributed by atoms with Gasteiger partial charge in [-0.25, -0.2) is 4.99 Å². The van der Waals surface area contributed by atoms with E-state index in [2.05, 4.69) is 40.2 Å². The Labute approximate surface area is 232 Å². The summed E-state index contributed by atoms with van der Waals surface area (Å²) in [4.78, 5) is 19.8. The number of hydrogen-bond acceptors (Lipinski definition) is 6. The first kappa shape index (κ1) is 24.7. The summed E-state index contributed by atoms with van der Waals surface area (Å²) in [7, 11) is 4.87. The predicted octanol–water partition coefficient (Wildman–Crippen LogP) is 5.11. The number of ether oxygens (including phenoxy) is 3. The number of nitrogens with zero attached hydrogens (tertiary/aromatic N) is 2. The molecule has 38 heavy (non-hydrogen) atoms. The van der Waals surface area contributed by atoms with Crippen molar-refractivity contribution < 1.29 is 14.2 Å². The third-order valence-electron chi connectivity index (χ3n) is 7.10. The van der Waals surface area contributed by atoms with Gasteiger partial charge in [0.25, 0.3) is 5.56 Å². The molecule has 0 fully saturated rings. The first-order valence-electron chi connectivity index (χ1n) is 12.2. The summed E-state index contributed by atoms with van der Waals surface area (Å²) in [5, 5.41) is 0. The number of aryl methyl sites for hydroxylation is 1. The van der Waals surface area contributed by atoms with E-state index < -0.39 is 0 Å². The van der Waals surface area contributed by atoms with E-state index in [1.807, 2.05) is 47.0 Å². The van der Waals surface area contributed by atoms with E-state index in [-0.39, 0.29) is 11.6 Å². The average Bonchev–Trinajstić information content (AvgIpc) is 3.26. The van der Waals surface area contributed by atoms with Gasteiger partial charge in [0, 0.05) is 17.2 Å². The van der Waals surface area contributed by atoms with Crippen LogP contribution in [0.5, 0.6) is 17.2 Å². The number of allylic oxidation sites excluding steroid dienone is 1. The molecule has 1 aliphatic carbocycles. The van der Waals surface area contributed by atoms with Gasteiger partial charge < -0.3 is 14.2 Å². The van der Waals surface area contributed by atoms with Crippen LogP contribution in [0.1, 0.15) is 34.7 Å². The zero-order chi connectivity index (χ0) is 26.4. The Kier molecular flexibility index (Phi) is 6.45. The van der Waals surface area contributed by atoms with E-state index in [1.54, 1.807) is 21.3 Å². The Morgan fingerprint density at radius 1 is 0.974 bits per heavy atom. The number of rotatable bonds is 5. The maximum atomic E-state index is 14.0. The van der Waals surface area contributed by atoms with Crippen molar-refractivity contribution in [2.24, 2.45) is 4.99 Å². The van der Waals surface area contributed by atoms with Gasteiger partial charge in [0.2, 0.25) is 0 Å². The molecule has 0 N–H and O–H groups in total. The highest BCUT2D eigenvalue weighted by molar-refractivity contribution is 9.10. The highest BCUT2D eigenvalue weighted by atomic mass is 79.9. The van der Waals surface area contributed by atoms with Gasteiger partial charge >= 0.3 is 0 Å². The summed E-state index contributed by atoms with van der Waals surface area (Å²) in [6, 6.07) is 19.9. The molecule has 192 valence electrons. The molecule has 0 spiro atoms. The summed E-state index contributed by atoms with van der Waals surface area (Å²) >= 11 is 4.95. The van der Waals surface area contributed by atoms with Gasteiger partial charge in [-0.15, -0.1) is 0 Å². The fraction of sp³-hybridized carbons (Fsp3) is 0.200. The Morgan fingerprint density at radius 2 is 1.74 bits per heavy atom. The number of aromatic nitrogens is 1. The van der Waals surface area contributed by atoms with Crippen LogP contribution in [-0.4, -0.2) is 25.9 Å². The molecule has 0 radical (unpaired) electrons. The maximum Gasteiger partial charge on any atom is 0.271 e. The fourth-order valence-electron chi connectivity index (χ4n) is 5.25. The van der Waals surface area contributed by atoms with E-state index >= 15 is 0 Å². The van der Waals surface area contributed by atoms with E-state index in [0.717, 1.165) is 51.0 Å². The number of methoxy groups -OCH3 is 3. The lowest BCUT2D eigenvalue weighted by Gasteiger charge is -2.30. The van der Waals surface area contributed by atoms with Gasteiger partial charge in [-0.2, -0.15) is 0 Å². The molecule has 3 aromatic carbocycles. The first-order chi connectivity index (χ1) is 18.5. The van der Waals surface area contributed by atoms with Crippen LogP contribution in [-0.2, 0) is 6.42 Å². The Bertz CT molecular complexity index is 1770. The molecule has 0 bridgehead atoms. The molecular formula is C30H25BrN2O4S. The molecule has 6 nitrogen and oxygen atoms in total. The molecule has 1 aromatic heterocycles. The molecule has 0 amide bonds. The second-order valence-corrected chi connectivity index (χ2v) is 11.0. The first-order valence-corrected chi connectivity index (χ1v) is 13.8. The second kappa shape index (κ2) is 9.93. The standard InChI is InChI=1S/C30H25BrN2O4S/c1-35-20-11-8-18(9-12-20)28-22-13-10-17-6-4-5-7-21(17)27(22)32-30-33(28)29(34)26(38-30)15-19-14-23(31)25(37-3)16-24(19)36-2/h4-9,11-12,14-16,28H,10,13H2,1-3H3. The zero-order valence-electron chi connectivity index (χ0n) is 21.2. The topological polar surface area (TPSA) is 62.0 Å². The number of halogens is 1. The van der Waals surface area contributed by atoms with Crippen molar-refractivity contribution in [2.45, 2.75) is 18.9 Å². The number of fused-ring (bicyclic) bond motifs is 3. The normalized spacial score (nSPS) is 16.3. The van der Waals surface area contributed by atoms with E-state index in [1.165, 1.54) is 16.9 Å². The van der Waals surface area contributed by atoms with Gasteiger partial charge in [0.15, 0.2) is 4.80 Å². The summed E-state index contributed by atoms with van der Waals surface area (Å²) in [6.07, 6.45) is 3.63. The number of benzene rings is 3. The summed E-state index contributed by atoms with van der Waals surface area (Å²) < 4.78 is 19.6. The minimum Gasteiger partial charge on any atom is -0.497 e. The molecular weight excluding hydrogens is 564 g/mol. The van der Waals surface area contributed by atoms with Crippen LogP contribution in [0, 0.1) is 0 Å². The highest BCUT2D eigenvalue weighted by Crippen LogP contribution is 2.41. The maximum absolute atomic E-state index is 14.0. The quantitative estimate of drug-likeness (QED) is 0.325. The van der Waals surface area contributed by atoms with Crippen molar-refractivity contribution in [3.8, 4) is 17.2 Å². The van der Waals surface area contributed by atoms with Crippen LogP contribution < -0.4 is 29.1 Å². The monoisotopic (exact) mass is 588 g/mol. The molecule has 2 aliphatic rings. The van der Waals surface area contributed by atoms with Crippen LogP contribution in [0.15, 0.2) is 80.5 Å². The number of thiazole rings is 1. The minimum absolute atomic E-state index is 0.0750. The van der Waals surface area contributed by atoms with Crippen LogP contribution in [0.2, 0.25) is 0 Å². The average molecular weight is 590 g/mol. The van der Waals surface area contributed by atoms with Gasteiger partial charge in [0.1, 0.15) is 17.2 Å². The minimum atomic E-state index is -0.243. The van der Waals surface area contributed by atoms with Gasteiger partial charge in [-0.05, 0) is 69.7 Å². The van der Waals surface area contributed by atoms with Gasteiger partial charge in [-0.1, -0.05) is 47.7 Å². The van der Waals surface area contributed by atoms with Gasteiger partial charge in [-0.3, -0.25) is 9.36 Å².